The first-order valence-electron chi connectivity index (χ1n) is 6.08. The minimum Gasteiger partial charge on any atom is -0.0599 e. The average molecular weight is 194 g/mol. The summed E-state index contributed by atoms with van der Waals surface area (Å²) in [5.74, 6) is 2.96. The molecule has 2 fully saturated rings. The van der Waals surface area contributed by atoms with Crippen LogP contribution in [0.15, 0.2) is 0 Å². The molecule has 0 unspecified atom stereocenters. The molecule has 0 radical (unpaired) electrons. The molecule has 0 heteroatoms. The van der Waals surface area contributed by atoms with Crippen molar-refractivity contribution < 1.29 is 0 Å². The smallest absolute Gasteiger partial charge is 0.0275 e. The minimum atomic E-state index is 0.507. The van der Waals surface area contributed by atoms with E-state index in [0.717, 1.165) is 17.8 Å². The van der Waals surface area contributed by atoms with Crippen LogP contribution < -0.4 is 0 Å². The van der Waals surface area contributed by atoms with Gasteiger partial charge in [-0.1, -0.05) is 48.5 Å². The average Bonchev–Trinajstić information content (AvgIpc) is 2.66. The summed E-state index contributed by atoms with van der Waals surface area (Å²) in [6, 6.07) is 0. The summed E-state index contributed by atoms with van der Waals surface area (Å²) >= 11 is 0. The van der Waals surface area contributed by atoms with Crippen LogP contribution in [0, 0.1) is 34.0 Å². The Morgan fingerprint density at radius 1 is 1.00 bits per heavy atom. The van der Waals surface area contributed by atoms with E-state index >= 15 is 0 Å². The van der Waals surface area contributed by atoms with E-state index in [1.54, 1.807) is 0 Å². The molecule has 0 saturated heterocycles. The van der Waals surface area contributed by atoms with Gasteiger partial charge in [-0.3, -0.25) is 0 Å². The van der Waals surface area contributed by atoms with E-state index in [1.807, 2.05) is 0 Å². The Bertz CT molecular complexity index is 252. The Hall–Kier alpha value is 0. The van der Waals surface area contributed by atoms with E-state index in [-0.39, 0.29) is 0 Å². The summed E-state index contributed by atoms with van der Waals surface area (Å²) < 4.78 is 0. The van der Waals surface area contributed by atoms with Crippen LogP contribution in [-0.4, -0.2) is 0 Å². The highest BCUT2D eigenvalue weighted by atomic mass is 14.7. The van der Waals surface area contributed by atoms with Crippen LogP contribution in [0.1, 0.15) is 54.9 Å². The van der Waals surface area contributed by atoms with Gasteiger partial charge in [-0.25, -0.2) is 0 Å². The Balaban J connectivity index is 2.11. The van der Waals surface area contributed by atoms with Crippen molar-refractivity contribution in [2.24, 2.45) is 34.0 Å². The fraction of sp³-hybridized carbons (Fsp3) is 1.00. The van der Waals surface area contributed by atoms with Crippen LogP contribution in [0.5, 0.6) is 0 Å². The lowest BCUT2D eigenvalue weighted by molar-refractivity contribution is 0.292. The summed E-state index contributed by atoms with van der Waals surface area (Å²) in [4.78, 5) is 0. The molecule has 2 saturated carbocycles. The number of rotatable bonds is 1. The molecule has 0 amide bonds. The maximum Gasteiger partial charge on any atom is -0.0275 e. The van der Waals surface area contributed by atoms with Crippen molar-refractivity contribution >= 4 is 0 Å². The summed E-state index contributed by atoms with van der Waals surface area (Å²) in [6.07, 6.45) is 1.47. The van der Waals surface area contributed by atoms with Crippen LogP contribution in [0.2, 0.25) is 0 Å². The van der Waals surface area contributed by atoms with E-state index in [4.69, 9.17) is 0 Å². The predicted octanol–water partition coefficient (Wildman–Crippen LogP) is 4.35. The lowest BCUT2D eigenvalue weighted by Crippen LogP contribution is -2.12. The van der Waals surface area contributed by atoms with Crippen LogP contribution in [0.25, 0.3) is 0 Å². The third-order valence-electron chi connectivity index (χ3n) is 4.87. The van der Waals surface area contributed by atoms with Gasteiger partial charge < -0.3 is 0 Å². The van der Waals surface area contributed by atoms with Gasteiger partial charge in [-0.15, -0.1) is 0 Å². The van der Waals surface area contributed by atoms with Crippen LogP contribution in [-0.2, 0) is 0 Å². The summed E-state index contributed by atoms with van der Waals surface area (Å²) in [5.41, 5.74) is 1.77. The molecule has 0 aromatic rings. The van der Waals surface area contributed by atoms with Gasteiger partial charge in [0.05, 0.1) is 0 Å². The lowest BCUT2D eigenvalue weighted by Gasteiger charge is -2.20. The van der Waals surface area contributed by atoms with Crippen molar-refractivity contribution in [2.45, 2.75) is 54.9 Å². The third-order valence-corrected chi connectivity index (χ3v) is 4.87. The fourth-order valence-corrected chi connectivity index (χ4v) is 4.20. The molecule has 82 valence electrons. The molecule has 2 rings (SSSR count). The van der Waals surface area contributed by atoms with Gasteiger partial charge in [0.1, 0.15) is 0 Å². The largest absolute Gasteiger partial charge is 0.0599 e. The molecule has 3 atom stereocenters. The van der Waals surface area contributed by atoms with Gasteiger partial charge in [-0.05, 0) is 40.4 Å². The first kappa shape index (κ1) is 10.5. The first-order valence-corrected chi connectivity index (χ1v) is 6.08. The molecule has 14 heavy (non-hydrogen) atoms. The molecule has 0 spiro atoms. The number of hydrogen-bond acceptors (Lipinski definition) is 0. The van der Waals surface area contributed by atoms with Crippen molar-refractivity contribution in [2.75, 3.05) is 0 Å². The van der Waals surface area contributed by atoms with Crippen LogP contribution in [0.4, 0.5) is 0 Å². The lowest BCUT2D eigenvalue weighted by atomic mass is 9.85. The maximum atomic E-state index is 2.47. The molecule has 0 heterocycles. The topological polar surface area (TPSA) is 0 Å². The zero-order valence-electron chi connectivity index (χ0n) is 10.9. The molecule has 2 aliphatic rings. The van der Waals surface area contributed by atoms with Crippen molar-refractivity contribution in [3.63, 3.8) is 0 Å². The standard InChI is InChI=1S/C14H26/c1-12(2,3)11-10(14(11,6)7)9-8-13(9,4)5/h9-11H,8H2,1-7H3/t9-,10-,11-/m0/s1. The van der Waals surface area contributed by atoms with E-state index in [9.17, 15) is 0 Å². The molecule has 0 bridgehead atoms. The Morgan fingerprint density at radius 3 is 1.64 bits per heavy atom. The van der Waals surface area contributed by atoms with Crippen LogP contribution in [0.3, 0.4) is 0 Å². The second kappa shape index (κ2) is 2.39. The van der Waals surface area contributed by atoms with Gasteiger partial charge in [-0.2, -0.15) is 0 Å². The Labute approximate surface area is 89.5 Å². The van der Waals surface area contributed by atoms with Gasteiger partial charge in [0, 0.05) is 0 Å². The normalized spacial score (nSPS) is 43.5. The Morgan fingerprint density at radius 2 is 1.43 bits per heavy atom. The first-order chi connectivity index (χ1) is 6.08. The summed E-state index contributed by atoms with van der Waals surface area (Å²) in [7, 11) is 0. The monoisotopic (exact) mass is 194 g/mol. The molecule has 0 aromatic carbocycles. The molecular formula is C14H26. The van der Waals surface area contributed by atoms with Crippen molar-refractivity contribution in [3.05, 3.63) is 0 Å². The molecule has 0 aromatic heterocycles. The Kier molecular flexibility index (Phi) is 1.79. The highest BCUT2D eigenvalue weighted by Gasteiger charge is 2.70. The maximum absolute atomic E-state index is 2.47. The van der Waals surface area contributed by atoms with Gasteiger partial charge in [0.2, 0.25) is 0 Å². The van der Waals surface area contributed by atoms with Crippen LogP contribution >= 0.6 is 0 Å². The van der Waals surface area contributed by atoms with E-state index in [0.29, 0.717) is 16.2 Å². The van der Waals surface area contributed by atoms with Gasteiger partial charge in [0.25, 0.3) is 0 Å². The van der Waals surface area contributed by atoms with Gasteiger partial charge >= 0.3 is 0 Å². The summed E-state index contributed by atoms with van der Waals surface area (Å²) in [5, 5.41) is 0. The van der Waals surface area contributed by atoms with Gasteiger partial charge in [0.15, 0.2) is 0 Å². The van der Waals surface area contributed by atoms with E-state index in [1.165, 1.54) is 6.42 Å². The highest BCUT2D eigenvalue weighted by molar-refractivity contribution is 5.18. The minimum absolute atomic E-state index is 0.507. The zero-order valence-corrected chi connectivity index (χ0v) is 10.9. The second-order valence-corrected chi connectivity index (χ2v) is 7.99. The fourth-order valence-electron chi connectivity index (χ4n) is 4.20. The van der Waals surface area contributed by atoms with Crippen molar-refractivity contribution in [1.29, 1.82) is 0 Å². The molecule has 0 aliphatic heterocycles. The predicted molar refractivity (Wildman–Crippen MR) is 62.1 cm³/mol. The molecular weight excluding hydrogens is 168 g/mol. The molecule has 0 N–H and O–H groups in total. The van der Waals surface area contributed by atoms with E-state index in [2.05, 4.69) is 48.5 Å². The number of hydrogen-bond donors (Lipinski definition) is 0. The SMILES string of the molecule is CC(C)(C)[C@@H]1[C@H]([C@@H]2CC2(C)C)C1(C)C. The highest BCUT2D eigenvalue weighted by Crippen LogP contribution is 2.76. The van der Waals surface area contributed by atoms with Crippen molar-refractivity contribution in [1.82, 2.24) is 0 Å². The molecule has 2 aliphatic carbocycles. The van der Waals surface area contributed by atoms with Crippen molar-refractivity contribution in [3.8, 4) is 0 Å². The second-order valence-electron chi connectivity index (χ2n) is 7.99. The van der Waals surface area contributed by atoms with E-state index < -0.39 is 0 Å². The quantitative estimate of drug-likeness (QED) is 0.582. The molecule has 0 nitrogen and oxygen atoms in total. The third kappa shape index (κ3) is 1.33. The summed E-state index contributed by atoms with van der Waals surface area (Å²) in [6.45, 7) is 17.1. The zero-order chi connectivity index (χ0) is 10.9.